The van der Waals surface area contributed by atoms with Crippen molar-refractivity contribution in [1.82, 2.24) is 25.1 Å². The zero-order valence-corrected chi connectivity index (χ0v) is 15.7. The largest absolute Gasteiger partial charge is 0.352 e. The minimum atomic E-state index is 0.0384. The van der Waals surface area contributed by atoms with Crippen molar-refractivity contribution >= 4 is 22.3 Å². The van der Waals surface area contributed by atoms with E-state index in [1.54, 1.807) is 4.52 Å². The SMILES string of the molecule is CCC(=O)NCc1cc(-c2nnc3c4ccccc4c(C)nn23)ccc1C. The van der Waals surface area contributed by atoms with Gasteiger partial charge in [0, 0.05) is 29.3 Å². The monoisotopic (exact) mass is 359 g/mol. The number of rotatable bonds is 4. The van der Waals surface area contributed by atoms with Crippen molar-refractivity contribution < 1.29 is 4.79 Å². The molecule has 136 valence electrons. The van der Waals surface area contributed by atoms with Crippen LogP contribution < -0.4 is 5.32 Å². The molecule has 2 aromatic heterocycles. The van der Waals surface area contributed by atoms with Gasteiger partial charge in [-0.3, -0.25) is 4.79 Å². The lowest BCUT2D eigenvalue weighted by Gasteiger charge is -2.10. The number of aromatic nitrogens is 4. The summed E-state index contributed by atoms with van der Waals surface area (Å²) < 4.78 is 1.80. The predicted octanol–water partition coefficient (Wildman–Crippen LogP) is 3.59. The maximum absolute atomic E-state index is 11.6. The number of amides is 1. The van der Waals surface area contributed by atoms with Gasteiger partial charge in [-0.2, -0.15) is 9.61 Å². The van der Waals surface area contributed by atoms with Crippen LogP contribution in [0.3, 0.4) is 0 Å². The van der Waals surface area contributed by atoms with Gasteiger partial charge >= 0.3 is 0 Å². The zero-order valence-electron chi connectivity index (χ0n) is 15.7. The van der Waals surface area contributed by atoms with E-state index in [9.17, 15) is 4.79 Å². The Morgan fingerprint density at radius 2 is 1.85 bits per heavy atom. The van der Waals surface area contributed by atoms with E-state index >= 15 is 0 Å². The van der Waals surface area contributed by atoms with Crippen molar-refractivity contribution in [3.8, 4) is 11.4 Å². The molecule has 0 bridgehead atoms. The Balaban J connectivity index is 1.82. The maximum atomic E-state index is 11.6. The Morgan fingerprint density at radius 3 is 2.63 bits per heavy atom. The third-order valence-electron chi connectivity index (χ3n) is 4.85. The number of hydrogen-bond acceptors (Lipinski definition) is 4. The average Bonchev–Trinajstić information content (AvgIpc) is 3.11. The first-order valence-electron chi connectivity index (χ1n) is 9.06. The number of carbonyl (C=O) groups excluding carboxylic acids is 1. The first kappa shape index (κ1) is 17.1. The van der Waals surface area contributed by atoms with E-state index in [1.165, 1.54) is 0 Å². The van der Waals surface area contributed by atoms with Gasteiger partial charge in [-0.25, -0.2) is 0 Å². The van der Waals surface area contributed by atoms with Gasteiger partial charge < -0.3 is 5.32 Å². The molecule has 2 aromatic carbocycles. The Labute approximate surface area is 157 Å². The van der Waals surface area contributed by atoms with Crippen LogP contribution in [0.4, 0.5) is 0 Å². The van der Waals surface area contributed by atoms with Gasteiger partial charge in [-0.05, 0) is 31.0 Å². The van der Waals surface area contributed by atoms with Gasteiger partial charge in [0.1, 0.15) is 0 Å². The van der Waals surface area contributed by atoms with Crippen LogP contribution >= 0.6 is 0 Å². The lowest BCUT2D eigenvalue weighted by molar-refractivity contribution is -0.120. The molecule has 0 saturated heterocycles. The third kappa shape index (κ3) is 3.03. The first-order valence-corrected chi connectivity index (χ1v) is 9.06. The Kier molecular flexibility index (Phi) is 4.32. The molecule has 0 atom stereocenters. The lowest BCUT2D eigenvalue weighted by atomic mass is 10.0. The van der Waals surface area contributed by atoms with Crippen LogP contribution in [-0.2, 0) is 11.3 Å². The molecule has 6 heteroatoms. The van der Waals surface area contributed by atoms with E-state index in [0.717, 1.165) is 38.8 Å². The van der Waals surface area contributed by atoms with Crippen LogP contribution in [0.5, 0.6) is 0 Å². The van der Waals surface area contributed by atoms with E-state index in [2.05, 4.69) is 15.5 Å². The topological polar surface area (TPSA) is 72.2 Å². The zero-order chi connectivity index (χ0) is 19.0. The lowest BCUT2D eigenvalue weighted by Crippen LogP contribution is -2.21. The highest BCUT2D eigenvalue weighted by Crippen LogP contribution is 2.26. The summed E-state index contributed by atoms with van der Waals surface area (Å²) in [6.45, 7) is 6.37. The minimum Gasteiger partial charge on any atom is -0.352 e. The van der Waals surface area contributed by atoms with Gasteiger partial charge in [0.2, 0.25) is 5.91 Å². The average molecular weight is 359 g/mol. The van der Waals surface area contributed by atoms with Crippen molar-refractivity contribution in [2.75, 3.05) is 0 Å². The molecule has 0 radical (unpaired) electrons. The molecule has 0 unspecified atom stereocenters. The Bertz CT molecular complexity index is 1160. The molecule has 1 amide bonds. The second-order valence-corrected chi connectivity index (χ2v) is 6.66. The molecule has 0 aliphatic rings. The normalized spacial score (nSPS) is 11.2. The van der Waals surface area contributed by atoms with E-state index < -0.39 is 0 Å². The molecule has 4 aromatic rings. The molecule has 0 fully saturated rings. The highest BCUT2D eigenvalue weighted by molar-refractivity contribution is 5.95. The number of carbonyl (C=O) groups is 1. The Hall–Kier alpha value is -3.28. The highest BCUT2D eigenvalue weighted by atomic mass is 16.1. The number of aryl methyl sites for hydroxylation is 2. The summed E-state index contributed by atoms with van der Waals surface area (Å²) in [6.07, 6.45) is 0.476. The fraction of sp³-hybridized carbons (Fsp3) is 0.238. The Morgan fingerprint density at radius 1 is 1.07 bits per heavy atom. The van der Waals surface area contributed by atoms with Crippen molar-refractivity contribution in [3.63, 3.8) is 0 Å². The molecule has 0 aliphatic carbocycles. The van der Waals surface area contributed by atoms with Crippen molar-refractivity contribution in [3.05, 3.63) is 59.3 Å². The van der Waals surface area contributed by atoms with Crippen LogP contribution in [0.15, 0.2) is 42.5 Å². The number of benzene rings is 2. The smallest absolute Gasteiger partial charge is 0.219 e. The van der Waals surface area contributed by atoms with Crippen LogP contribution in [0.1, 0.15) is 30.2 Å². The number of nitrogens with one attached hydrogen (secondary N) is 1. The first-order chi connectivity index (χ1) is 13.1. The molecule has 0 saturated carbocycles. The van der Waals surface area contributed by atoms with Gasteiger partial charge in [-0.15, -0.1) is 10.2 Å². The van der Waals surface area contributed by atoms with Gasteiger partial charge in [0.05, 0.1) is 5.69 Å². The fourth-order valence-electron chi connectivity index (χ4n) is 3.24. The second-order valence-electron chi connectivity index (χ2n) is 6.66. The van der Waals surface area contributed by atoms with Crippen molar-refractivity contribution in [2.45, 2.75) is 33.7 Å². The van der Waals surface area contributed by atoms with Crippen LogP contribution in [0.25, 0.3) is 27.8 Å². The molecule has 4 rings (SSSR count). The van der Waals surface area contributed by atoms with E-state index in [-0.39, 0.29) is 5.91 Å². The third-order valence-corrected chi connectivity index (χ3v) is 4.85. The summed E-state index contributed by atoms with van der Waals surface area (Å²) >= 11 is 0. The van der Waals surface area contributed by atoms with Crippen molar-refractivity contribution in [1.29, 1.82) is 0 Å². The highest BCUT2D eigenvalue weighted by Gasteiger charge is 2.14. The molecule has 6 nitrogen and oxygen atoms in total. The molecule has 0 aliphatic heterocycles. The van der Waals surface area contributed by atoms with E-state index in [4.69, 9.17) is 5.10 Å². The van der Waals surface area contributed by atoms with Crippen LogP contribution in [-0.4, -0.2) is 25.7 Å². The van der Waals surface area contributed by atoms with E-state index in [1.807, 2.05) is 63.2 Å². The number of nitrogens with zero attached hydrogens (tertiary/aromatic N) is 4. The summed E-state index contributed by atoms with van der Waals surface area (Å²) in [5.41, 5.74) is 4.78. The number of hydrogen-bond donors (Lipinski definition) is 1. The predicted molar refractivity (Wildman–Crippen MR) is 105 cm³/mol. The minimum absolute atomic E-state index is 0.0384. The number of fused-ring (bicyclic) bond motifs is 3. The molecule has 27 heavy (non-hydrogen) atoms. The summed E-state index contributed by atoms with van der Waals surface area (Å²) in [6, 6.07) is 14.2. The molecular weight excluding hydrogens is 338 g/mol. The van der Waals surface area contributed by atoms with Gasteiger partial charge in [0.25, 0.3) is 0 Å². The standard InChI is InChI=1S/C21H21N5O/c1-4-19(27)22-12-16-11-15(10-9-13(16)2)20-23-24-21-18-8-6-5-7-17(18)14(3)25-26(20)21/h5-11H,4,12H2,1-3H3,(H,22,27). The quantitative estimate of drug-likeness (QED) is 0.604. The van der Waals surface area contributed by atoms with Crippen molar-refractivity contribution in [2.24, 2.45) is 0 Å². The molecule has 0 spiro atoms. The molecular formula is C21H21N5O. The summed E-state index contributed by atoms with van der Waals surface area (Å²) in [5, 5.41) is 18.5. The summed E-state index contributed by atoms with van der Waals surface area (Å²) in [7, 11) is 0. The summed E-state index contributed by atoms with van der Waals surface area (Å²) in [5.74, 6) is 0.735. The van der Waals surface area contributed by atoms with E-state index in [0.29, 0.717) is 18.8 Å². The molecule has 1 N–H and O–H groups in total. The van der Waals surface area contributed by atoms with Crippen LogP contribution in [0, 0.1) is 13.8 Å². The van der Waals surface area contributed by atoms with Gasteiger partial charge in [-0.1, -0.05) is 43.3 Å². The van der Waals surface area contributed by atoms with Gasteiger partial charge in [0.15, 0.2) is 11.5 Å². The summed E-state index contributed by atoms with van der Waals surface area (Å²) in [4.78, 5) is 11.6. The maximum Gasteiger partial charge on any atom is 0.219 e. The molecule has 2 heterocycles. The fourth-order valence-corrected chi connectivity index (χ4v) is 3.24. The second kappa shape index (κ2) is 6.79. The van der Waals surface area contributed by atoms with Crippen LogP contribution in [0.2, 0.25) is 0 Å².